The van der Waals surface area contributed by atoms with Crippen LogP contribution in [0, 0.1) is 0 Å². The number of hydrogen-bond acceptors (Lipinski definition) is 4. The Morgan fingerprint density at radius 3 is 2.12 bits per heavy atom. The minimum Gasteiger partial charge on any atom is -0.387 e. The third-order valence-corrected chi connectivity index (χ3v) is 3.36. The van der Waals surface area contributed by atoms with Gasteiger partial charge in [-0.2, -0.15) is 0 Å². The largest absolute Gasteiger partial charge is 0.387 e. The monoisotopic (exact) mass is 243 g/mol. The highest BCUT2D eigenvalue weighted by Crippen LogP contribution is 2.16. The van der Waals surface area contributed by atoms with Crippen LogP contribution in [-0.4, -0.2) is 45.3 Å². The van der Waals surface area contributed by atoms with Crippen LogP contribution in [0.3, 0.4) is 0 Å². The average Bonchev–Trinajstić information content (AvgIpc) is 2.15. The van der Waals surface area contributed by atoms with Gasteiger partial charge in [0, 0.05) is 12.8 Å². The van der Waals surface area contributed by atoms with Gasteiger partial charge < -0.3 is 10.0 Å². The van der Waals surface area contributed by atoms with Crippen molar-refractivity contribution in [3.8, 4) is 0 Å². The quantitative estimate of drug-likeness (QED) is 0.845. The summed E-state index contributed by atoms with van der Waals surface area (Å²) in [5, 5.41) is 9.79. The molecule has 1 unspecified atom stereocenters. The number of benzene rings is 1. The van der Waals surface area contributed by atoms with Crippen LogP contribution >= 0.6 is 0 Å². The molecule has 1 N–H and O–H groups in total. The van der Waals surface area contributed by atoms with Gasteiger partial charge in [0.15, 0.2) is 9.84 Å². The number of hydrogen-bond donors (Lipinski definition) is 1. The summed E-state index contributed by atoms with van der Waals surface area (Å²) in [5.41, 5.74) is 0.723. The van der Waals surface area contributed by atoms with Crippen LogP contribution in [0.25, 0.3) is 0 Å². The number of aliphatic hydroxyl groups is 1. The molecule has 1 rings (SSSR count). The van der Waals surface area contributed by atoms with Gasteiger partial charge in [0.1, 0.15) is 0 Å². The Labute approximate surface area is 96.4 Å². The molecular formula is C11H17NO3S. The van der Waals surface area contributed by atoms with E-state index in [1.54, 1.807) is 12.1 Å². The van der Waals surface area contributed by atoms with E-state index >= 15 is 0 Å². The zero-order valence-corrected chi connectivity index (χ0v) is 10.5. The molecule has 0 bridgehead atoms. The van der Waals surface area contributed by atoms with Crippen molar-refractivity contribution in [1.29, 1.82) is 0 Å². The van der Waals surface area contributed by atoms with Crippen LogP contribution in [0.1, 0.15) is 11.7 Å². The van der Waals surface area contributed by atoms with Crippen molar-refractivity contribution >= 4 is 9.84 Å². The minimum atomic E-state index is -3.16. The molecule has 0 heterocycles. The van der Waals surface area contributed by atoms with Gasteiger partial charge in [-0.1, -0.05) is 12.1 Å². The fourth-order valence-electron chi connectivity index (χ4n) is 1.39. The van der Waals surface area contributed by atoms with E-state index in [1.807, 2.05) is 19.0 Å². The summed E-state index contributed by atoms with van der Waals surface area (Å²) < 4.78 is 22.4. The SMILES string of the molecule is CN(C)CC(O)c1ccc(S(C)(=O)=O)cc1. The first kappa shape index (κ1) is 13.2. The number of sulfone groups is 1. The normalized spacial score (nSPS) is 14.1. The van der Waals surface area contributed by atoms with Crippen molar-refractivity contribution in [3.05, 3.63) is 29.8 Å². The first-order valence-corrected chi connectivity index (χ1v) is 6.82. The highest BCUT2D eigenvalue weighted by atomic mass is 32.2. The van der Waals surface area contributed by atoms with E-state index in [-0.39, 0.29) is 4.90 Å². The van der Waals surface area contributed by atoms with Gasteiger partial charge in [-0.25, -0.2) is 8.42 Å². The Morgan fingerprint density at radius 2 is 1.75 bits per heavy atom. The summed E-state index contributed by atoms with van der Waals surface area (Å²) in [4.78, 5) is 2.14. The summed E-state index contributed by atoms with van der Waals surface area (Å²) in [6.45, 7) is 0.512. The van der Waals surface area contributed by atoms with E-state index in [2.05, 4.69) is 0 Å². The summed E-state index contributed by atoms with van der Waals surface area (Å²) in [6.07, 6.45) is 0.571. The van der Waals surface area contributed by atoms with Crippen molar-refractivity contribution < 1.29 is 13.5 Å². The van der Waals surface area contributed by atoms with Gasteiger partial charge in [-0.05, 0) is 31.8 Å². The minimum absolute atomic E-state index is 0.272. The Morgan fingerprint density at radius 1 is 1.25 bits per heavy atom. The fourth-order valence-corrected chi connectivity index (χ4v) is 2.02. The van der Waals surface area contributed by atoms with Gasteiger partial charge >= 0.3 is 0 Å². The number of rotatable bonds is 4. The molecular weight excluding hydrogens is 226 g/mol. The van der Waals surface area contributed by atoms with E-state index in [1.165, 1.54) is 12.1 Å². The number of aliphatic hydroxyl groups excluding tert-OH is 1. The first-order chi connectivity index (χ1) is 7.30. The van der Waals surface area contributed by atoms with Crippen molar-refractivity contribution in [1.82, 2.24) is 4.90 Å². The molecule has 90 valence electrons. The molecule has 0 spiro atoms. The van der Waals surface area contributed by atoms with Gasteiger partial charge in [-0.3, -0.25) is 0 Å². The predicted molar refractivity (Wildman–Crippen MR) is 63.1 cm³/mol. The zero-order valence-electron chi connectivity index (χ0n) is 9.71. The Hall–Kier alpha value is -0.910. The van der Waals surface area contributed by atoms with Crippen LogP contribution in [0.2, 0.25) is 0 Å². The first-order valence-electron chi connectivity index (χ1n) is 4.93. The van der Waals surface area contributed by atoms with Crippen LogP contribution in [0.15, 0.2) is 29.2 Å². The third kappa shape index (κ3) is 3.59. The number of nitrogens with zero attached hydrogens (tertiary/aromatic N) is 1. The molecule has 5 heteroatoms. The second-order valence-electron chi connectivity index (χ2n) is 4.12. The second kappa shape index (κ2) is 4.95. The molecule has 0 aliphatic heterocycles. The topological polar surface area (TPSA) is 57.6 Å². The molecule has 0 saturated heterocycles. The summed E-state index contributed by atoms with van der Waals surface area (Å²) >= 11 is 0. The van der Waals surface area contributed by atoms with Crippen LogP contribution in [0.4, 0.5) is 0 Å². The Bertz CT molecular complexity index is 437. The van der Waals surface area contributed by atoms with E-state index < -0.39 is 15.9 Å². The zero-order chi connectivity index (χ0) is 12.3. The van der Waals surface area contributed by atoms with E-state index in [4.69, 9.17) is 0 Å². The molecule has 4 nitrogen and oxygen atoms in total. The summed E-state index contributed by atoms with van der Waals surface area (Å²) in [7, 11) is 0.578. The second-order valence-corrected chi connectivity index (χ2v) is 6.13. The lowest BCUT2D eigenvalue weighted by Crippen LogP contribution is -2.20. The average molecular weight is 243 g/mol. The highest BCUT2D eigenvalue weighted by Gasteiger charge is 2.11. The molecule has 1 atom stereocenters. The van der Waals surface area contributed by atoms with Crippen molar-refractivity contribution in [3.63, 3.8) is 0 Å². The molecule has 1 aromatic carbocycles. The number of likely N-dealkylation sites (N-methyl/N-ethyl adjacent to an activating group) is 1. The molecule has 0 saturated carbocycles. The lowest BCUT2D eigenvalue weighted by Gasteiger charge is -2.16. The third-order valence-electron chi connectivity index (χ3n) is 2.23. The maximum atomic E-state index is 11.2. The highest BCUT2D eigenvalue weighted by molar-refractivity contribution is 7.90. The molecule has 0 amide bonds. The molecule has 0 aromatic heterocycles. The van der Waals surface area contributed by atoms with Crippen LogP contribution in [0.5, 0.6) is 0 Å². The van der Waals surface area contributed by atoms with Crippen molar-refractivity contribution in [2.24, 2.45) is 0 Å². The van der Waals surface area contributed by atoms with E-state index in [0.29, 0.717) is 6.54 Å². The van der Waals surface area contributed by atoms with Crippen LogP contribution < -0.4 is 0 Å². The van der Waals surface area contributed by atoms with Crippen LogP contribution in [-0.2, 0) is 9.84 Å². The van der Waals surface area contributed by atoms with E-state index in [0.717, 1.165) is 11.8 Å². The summed E-state index contributed by atoms with van der Waals surface area (Å²) in [5.74, 6) is 0. The fraction of sp³-hybridized carbons (Fsp3) is 0.455. The molecule has 0 radical (unpaired) electrons. The standard InChI is InChI=1S/C11H17NO3S/c1-12(2)8-11(13)9-4-6-10(7-5-9)16(3,14)15/h4-7,11,13H,8H2,1-3H3. The lowest BCUT2D eigenvalue weighted by molar-refractivity contribution is 0.138. The molecule has 0 aliphatic rings. The van der Waals surface area contributed by atoms with Gasteiger partial charge in [0.25, 0.3) is 0 Å². The molecule has 0 fully saturated rings. The van der Waals surface area contributed by atoms with Gasteiger partial charge in [-0.15, -0.1) is 0 Å². The maximum absolute atomic E-state index is 11.2. The predicted octanol–water partition coefficient (Wildman–Crippen LogP) is 0.685. The van der Waals surface area contributed by atoms with Gasteiger partial charge in [0.2, 0.25) is 0 Å². The molecule has 0 aliphatic carbocycles. The maximum Gasteiger partial charge on any atom is 0.175 e. The Kier molecular flexibility index (Phi) is 4.07. The molecule has 16 heavy (non-hydrogen) atoms. The Balaban J connectivity index is 2.87. The summed E-state index contributed by atoms with van der Waals surface area (Å²) in [6, 6.07) is 6.32. The van der Waals surface area contributed by atoms with Gasteiger partial charge in [0.05, 0.1) is 11.0 Å². The van der Waals surface area contributed by atoms with E-state index in [9.17, 15) is 13.5 Å². The van der Waals surface area contributed by atoms with Crippen molar-refractivity contribution in [2.75, 3.05) is 26.9 Å². The van der Waals surface area contributed by atoms with Crippen molar-refractivity contribution in [2.45, 2.75) is 11.0 Å². The molecule has 1 aromatic rings. The smallest absolute Gasteiger partial charge is 0.175 e. The lowest BCUT2D eigenvalue weighted by atomic mass is 10.1.